The van der Waals surface area contributed by atoms with Crippen LogP contribution < -0.4 is 11.1 Å². The van der Waals surface area contributed by atoms with Crippen molar-refractivity contribution in [3.05, 3.63) is 48.9 Å². The Labute approximate surface area is 169 Å². The minimum atomic E-state index is -0.551. The summed E-state index contributed by atoms with van der Waals surface area (Å²) in [7, 11) is 0. The summed E-state index contributed by atoms with van der Waals surface area (Å²) in [6.07, 6.45) is 2.57. The first kappa shape index (κ1) is 17.8. The van der Waals surface area contributed by atoms with Crippen molar-refractivity contribution in [3.8, 4) is 0 Å². The Balaban J connectivity index is 1.48. The number of oxazole rings is 1. The Bertz CT molecular complexity index is 1290. The summed E-state index contributed by atoms with van der Waals surface area (Å²) in [5.74, 6) is -0.580. The number of anilines is 2. The van der Waals surface area contributed by atoms with E-state index < -0.39 is 5.91 Å². The molecule has 4 heterocycles. The number of likely N-dealkylation sites (tertiary alicyclic amines) is 1. The Morgan fingerprint density at radius 2 is 2.07 bits per heavy atom. The van der Waals surface area contributed by atoms with Gasteiger partial charge in [-0.15, -0.1) is 0 Å². The first-order chi connectivity index (χ1) is 14.5. The van der Waals surface area contributed by atoms with Gasteiger partial charge in [0.1, 0.15) is 17.7 Å². The summed E-state index contributed by atoms with van der Waals surface area (Å²) >= 11 is 0. The number of aromatic nitrogens is 5. The van der Waals surface area contributed by atoms with E-state index in [1.807, 2.05) is 12.1 Å². The van der Waals surface area contributed by atoms with Gasteiger partial charge < -0.3 is 15.1 Å². The highest BCUT2D eigenvalue weighted by atomic mass is 16.4. The average Bonchev–Trinajstić information content (AvgIpc) is 3.28. The van der Waals surface area contributed by atoms with Crippen LogP contribution in [-0.2, 0) is 4.79 Å². The van der Waals surface area contributed by atoms with Gasteiger partial charge in [0, 0.05) is 13.1 Å². The van der Waals surface area contributed by atoms with Crippen LogP contribution in [0, 0.1) is 0 Å². The Hall–Kier alpha value is -4.28. The lowest BCUT2D eigenvalue weighted by atomic mass is 10.1. The lowest BCUT2D eigenvalue weighted by molar-refractivity contribution is -0.131. The number of benzene rings is 1. The highest BCUT2D eigenvalue weighted by molar-refractivity contribution is 6.12. The van der Waals surface area contributed by atoms with Crippen LogP contribution in [0.25, 0.3) is 22.1 Å². The van der Waals surface area contributed by atoms with Gasteiger partial charge in [-0.3, -0.25) is 14.9 Å². The normalized spacial score (nSPS) is 14.1. The van der Waals surface area contributed by atoms with Crippen LogP contribution >= 0.6 is 0 Å². The number of hydrogen-bond donors (Lipinski definition) is 2. The predicted octanol–water partition coefficient (Wildman–Crippen LogP) is 1.37. The van der Waals surface area contributed by atoms with E-state index in [1.165, 1.54) is 12.4 Å². The third-order valence-corrected chi connectivity index (χ3v) is 4.94. The van der Waals surface area contributed by atoms with E-state index in [-0.39, 0.29) is 29.5 Å². The number of nitrogens with zero attached hydrogens (tertiary/aromatic N) is 6. The van der Waals surface area contributed by atoms with Gasteiger partial charge in [-0.1, -0.05) is 18.7 Å². The first-order valence-corrected chi connectivity index (χ1v) is 9.12. The highest BCUT2D eigenvalue weighted by Gasteiger charge is 2.34. The second-order valence-corrected chi connectivity index (χ2v) is 6.79. The molecule has 1 fully saturated rings. The molecule has 0 bridgehead atoms. The van der Waals surface area contributed by atoms with Gasteiger partial charge in [-0.2, -0.15) is 10.1 Å². The van der Waals surface area contributed by atoms with Crippen molar-refractivity contribution in [2.24, 2.45) is 0 Å². The maximum absolute atomic E-state index is 12.9. The first-order valence-electron chi connectivity index (χ1n) is 9.12. The lowest BCUT2D eigenvalue weighted by Gasteiger charge is -2.38. The molecule has 1 aliphatic rings. The van der Waals surface area contributed by atoms with Gasteiger partial charge in [-0.25, -0.2) is 14.6 Å². The number of amides is 2. The molecule has 0 aliphatic carbocycles. The molecule has 1 aliphatic heterocycles. The smallest absolute Gasteiger partial charge is 0.302 e. The number of nitrogen functional groups attached to an aromatic ring is 1. The van der Waals surface area contributed by atoms with E-state index in [2.05, 4.69) is 31.9 Å². The van der Waals surface area contributed by atoms with Crippen LogP contribution in [0.2, 0.25) is 0 Å². The molecule has 30 heavy (non-hydrogen) atoms. The third-order valence-electron chi connectivity index (χ3n) is 4.94. The molecule has 0 saturated carbocycles. The van der Waals surface area contributed by atoms with Crippen molar-refractivity contribution < 1.29 is 14.0 Å². The zero-order chi connectivity index (χ0) is 20.8. The maximum Gasteiger partial charge on any atom is 0.302 e. The van der Waals surface area contributed by atoms with Crippen LogP contribution in [0.15, 0.2) is 47.7 Å². The molecule has 11 heteroatoms. The minimum absolute atomic E-state index is 0.0470. The number of nitrogens with two attached hydrogens (primary N) is 1. The van der Waals surface area contributed by atoms with Gasteiger partial charge in [0.2, 0.25) is 5.91 Å². The number of carbonyl (C=O) groups is 2. The fraction of sp³-hybridized carbons (Fsp3) is 0.158. The fourth-order valence-electron chi connectivity index (χ4n) is 3.41. The highest BCUT2D eigenvalue weighted by Crippen LogP contribution is 2.29. The fourth-order valence-corrected chi connectivity index (χ4v) is 3.41. The zero-order valence-electron chi connectivity index (χ0n) is 15.6. The molecular weight excluding hydrogens is 388 g/mol. The second-order valence-electron chi connectivity index (χ2n) is 6.79. The number of nitrogens with one attached hydrogen (secondary N) is 1. The maximum atomic E-state index is 12.9. The van der Waals surface area contributed by atoms with Crippen LogP contribution in [0.4, 0.5) is 11.8 Å². The van der Waals surface area contributed by atoms with Crippen LogP contribution in [0.5, 0.6) is 0 Å². The molecule has 0 unspecified atom stereocenters. The van der Waals surface area contributed by atoms with Crippen LogP contribution in [0.3, 0.4) is 0 Å². The Morgan fingerprint density at radius 3 is 2.83 bits per heavy atom. The summed E-state index contributed by atoms with van der Waals surface area (Å²) < 4.78 is 7.15. The van der Waals surface area contributed by atoms with Gasteiger partial charge in [0.15, 0.2) is 16.9 Å². The van der Waals surface area contributed by atoms with Gasteiger partial charge >= 0.3 is 6.01 Å². The van der Waals surface area contributed by atoms with Gasteiger partial charge in [-0.05, 0) is 18.2 Å². The van der Waals surface area contributed by atoms with Crippen LogP contribution in [0.1, 0.15) is 16.5 Å². The molecule has 150 valence electrons. The molecule has 0 radical (unpaired) electrons. The predicted molar refractivity (Wildman–Crippen MR) is 108 cm³/mol. The standard InChI is InChI=1S/C19H16N8O3/c1-2-13(28)26-7-10(8-26)27-17-14(16(20)21-9-22-17)15(25-27)18(29)24-19-23-11-5-3-4-6-12(11)30-19/h2-6,9-10H,1,7-8H2,(H2,20,21,22)(H,23,24,29). The number of hydrogen-bond acceptors (Lipinski definition) is 8. The molecule has 3 aromatic heterocycles. The topological polar surface area (TPSA) is 145 Å². The number of rotatable bonds is 4. The van der Waals surface area contributed by atoms with Gasteiger partial charge in [0.25, 0.3) is 5.91 Å². The lowest BCUT2D eigenvalue weighted by Crippen LogP contribution is -2.50. The molecule has 1 saturated heterocycles. The molecule has 0 atom stereocenters. The van der Waals surface area contributed by atoms with Crippen molar-refractivity contribution in [1.29, 1.82) is 0 Å². The van der Waals surface area contributed by atoms with Crippen LogP contribution in [-0.4, -0.2) is 54.5 Å². The minimum Gasteiger partial charge on any atom is -0.423 e. The summed E-state index contributed by atoms with van der Waals surface area (Å²) in [6.45, 7) is 4.34. The molecule has 2 amide bonds. The van der Waals surface area contributed by atoms with Crippen molar-refractivity contribution in [2.75, 3.05) is 24.1 Å². The van der Waals surface area contributed by atoms with E-state index in [0.717, 1.165) is 0 Å². The Morgan fingerprint density at radius 1 is 1.27 bits per heavy atom. The summed E-state index contributed by atoms with van der Waals surface area (Å²) in [6, 6.07) is 7.06. The molecule has 11 nitrogen and oxygen atoms in total. The van der Waals surface area contributed by atoms with E-state index in [0.29, 0.717) is 35.2 Å². The van der Waals surface area contributed by atoms with Crippen molar-refractivity contribution in [2.45, 2.75) is 6.04 Å². The quantitative estimate of drug-likeness (QED) is 0.485. The summed E-state index contributed by atoms with van der Waals surface area (Å²) in [4.78, 5) is 38.8. The average molecular weight is 404 g/mol. The Kier molecular flexibility index (Phi) is 3.95. The van der Waals surface area contributed by atoms with E-state index in [9.17, 15) is 9.59 Å². The van der Waals surface area contributed by atoms with Gasteiger partial charge in [0.05, 0.1) is 11.4 Å². The molecular formula is C19H16N8O3. The molecule has 0 spiro atoms. The van der Waals surface area contributed by atoms with Crippen molar-refractivity contribution in [1.82, 2.24) is 29.6 Å². The number of para-hydroxylation sites is 2. The number of fused-ring (bicyclic) bond motifs is 2. The van der Waals surface area contributed by atoms with E-state index in [1.54, 1.807) is 21.7 Å². The third kappa shape index (κ3) is 2.75. The SMILES string of the molecule is C=CC(=O)N1CC(n2nc(C(=O)Nc3nc4ccccc4o3)c3c(N)ncnc32)C1. The largest absolute Gasteiger partial charge is 0.423 e. The van der Waals surface area contributed by atoms with E-state index >= 15 is 0 Å². The molecule has 1 aromatic carbocycles. The van der Waals surface area contributed by atoms with E-state index in [4.69, 9.17) is 10.2 Å². The number of carbonyl (C=O) groups excluding carboxylic acids is 2. The summed E-state index contributed by atoms with van der Waals surface area (Å²) in [5.41, 5.74) is 7.66. The van der Waals surface area contributed by atoms with Crippen molar-refractivity contribution in [3.63, 3.8) is 0 Å². The molecule has 5 rings (SSSR count). The molecule has 3 N–H and O–H groups in total. The van der Waals surface area contributed by atoms with Crippen molar-refractivity contribution >= 4 is 45.8 Å². The molecule has 4 aromatic rings. The summed E-state index contributed by atoms with van der Waals surface area (Å²) in [5, 5.41) is 7.37. The monoisotopic (exact) mass is 404 g/mol. The zero-order valence-corrected chi connectivity index (χ0v) is 15.6. The second kappa shape index (κ2) is 6.65.